The third kappa shape index (κ3) is 6.36. The quantitative estimate of drug-likeness (QED) is 0.598. The van der Waals surface area contributed by atoms with Gasteiger partial charge in [0.15, 0.2) is 0 Å². The highest BCUT2D eigenvalue weighted by Crippen LogP contribution is 2.24. The van der Waals surface area contributed by atoms with E-state index in [1.807, 2.05) is 24.3 Å². The van der Waals surface area contributed by atoms with Crippen LogP contribution in [0.2, 0.25) is 0 Å². The third-order valence-corrected chi connectivity index (χ3v) is 6.93. The average Bonchev–Trinajstić information content (AvgIpc) is 3.35. The normalized spacial score (nSPS) is 20.2. The van der Waals surface area contributed by atoms with E-state index < -0.39 is 0 Å². The average molecular weight is 451 g/mol. The molecular weight excluding hydrogens is 412 g/mol. The van der Waals surface area contributed by atoms with Crippen molar-refractivity contribution in [2.24, 2.45) is 0 Å². The molecule has 2 atom stereocenters. The van der Waals surface area contributed by atoms with Gasteiger partial charge in [0.1, 0.15) is 12.4 Å². The lowest BCUT2D eigenvalue weighted by Gasteiger charge is -2.28. The second-order valence-corrected chi connectivity index (χ2v) is 9.64. The van der Waals surface area contributed by atoms with E-state index in [-0.39, 0.29) is 18.1 Å². The van der Waals surface area contributed by atoms with E-state index in [9.17, 15) is 4.79 Å². The van der Waals surface area contributed by atoms with Crippen molar-refractivity contribution in [3.63, 3.8) is 0 Å². The summed E-state index contributed by atoms with van der Waals surface area (Å²) < 4.78 is 11.4. The third-order valence-electron chi connectivity index (χ3n) is 6.93. The number of hydrogen-bond acceptors (Lipinski definition) is 4. The van der Waals surface area contributed by atoms with Crippen LogP contribution in [0.5, 0.6) is 5.75 Å². The molecule has 33 heavy (non-hydrogen) atoms. The van der Waals surface area contributed by atoms with Crippen LogP contribution in [0.3, 0.4) is 0 Å². The van der Waals surface area contributed by atoms with Gasteiger partial charge in [-0.05, 0) is 93.5 Å². The van der Waals surface area contributed by atoms with Crippen LogP contribution in [0, 0.1) is 0 Å². The number of aryl methyl sites for hydroxylation is 1. The number of nitrogens with zero attached hydrogens (tertiary/aromatic N) is 1. The molecule has 4 rings (SSSR count). The number of hydrogen-bond donors (Lipinski definition) is 1. The van der Waals surface area contributed by atoms with E-state index in [0.29, 0.717) is 18.2 Å². The minimum Gasteiger partial charge on any atom is -0.491 e. The van der Waals surface area contributed by atoms with Crippen molar-refractivity contribution in [3.05, 3.63) is 64.7 Å². The van der Waals surface area contributed by atoms with E-state index in [0.717, 1.165) is 57.6 Å². The number of carbonyl (C=O) groups excluding carboxylic acids is 1. The van der Waals surface area contributed by atoms with Crippen LogP contribution in [0.1, 0.15) is 67.1 Å². The van der Waals surface area contributed by atoms with Crippen LogP contribution < -0.4 is 10.1 Å². The van der Waals surface area contributed by atoms with Crippen LogP contribution in [0.15, 0.2) is 42.5 Å². The maximum atomic E-state index is 12.8. The summed E-state index contributed by atoms with van der Waals surface area (Å²) in [6.07, 6.45) is 5.24. The zero-order chi connectivity index (χ0) is 23.2. The Hall–Kier alpha value is -2.37. The molecule has 0 saturated carbocycles. The Morgan fingerprint density at radius 1 is 1.15 bits per heavy atom. The van der Waals surface area contributed by atoms with Crippen LogP contribution in [0.4, 0.5) is 0 Å². The molecule has 2 aromatic rings. The van der Waals surface area contributed by atoms with Crippen molar-refractivity contribution in [1.29, 1.82) is 0 Å². The first kappa shape index (κ1) is 23.8. The van der Waals surface area contributed by atoms with Crippen molar-refractivity contribution in [1.82, 2.24) is 10.2 Å². The van der Waals surface area contributed by atoms with E-state index in [1.54, 1.807) is 0 Å². The number of fused-ring (bicyclic) bond motifs is 1. The molecular formula is C28H38N2O3. The van der Waals surface area contributed by atoms with Gasteiger partial charge in [0.05, 0.1) is 6.10 Å². The lowest BCUT2D eigenvalue weighted by atomic mass is 9.87. The standard InChI is InChI=1S/C28H38N2O3/c1-4-30(20(2)3)18-21-7-8-24-17-25(12-9-23(24)16-21)29-28(31)22-10-13-26(14-11-22)33-19-27-6-5-15-32-27/h7-8,10-11,13-14,16,20,25,27H,4-6,9,12,15,17-19H2,1-3H3,(H,29,31)/t25-,27-/m0/s1. The largest absolute Gasteiger partial charge is 0.491 e. The molecule has 1 amide bonds. The predicted octanol–water partition coefficient (Wildman–Crippen LogP) is 4.76. The van der Waals surface area contributed by atoms with Crippen LogP contribution in [-0.4, -0.2) is 48.8 Å². The lowest BCUT2D eigenvalue weighted by Crippen LogP contribution is -2.38. The molecule has 1 aliphatic carbocycles. The molecule has 2 aliphatic rings. The molecule has 0 spiro atoms. The zero-order valence-corrected chi connectivity index (χ0v) is 20.3. The first-order chi connectivity index (χ1) is 16.0. The Labute approximate surface area is 198 Å². The van der Waals surface area contributed by atoms with Gasteiger partial charge in [0.2, 0.25) is 0 Å². The number of benzene rings is 2. The van der Waals surface area contributed by atoms with Crippen molar-refractivity contribution >= 4 is 5.91 Å². The Kier molecular flexibility index (Phi) is 8.05. The van der Waals surface area contributed by atoms with Crippen LogP contribution in [0.25, 0.3) is 0 Å². The Morgan fingerprint density at radius 3 is 2.67 bits per heavy atom. The summed E-state index contributed by atoms with van der Waals surface area (Å²) >= 11 is 0. The van der Waals surface area contributed by atoms with Crippen molar-refractivity contribution in [3.8, 4) is 5.75 Å². The fourth-order valence-corrected chi connectivity index (χ4v) is 4.86. The van der Waals surface area contributed by atoms with Gasteiger partial charge < -0.3 is 14.8 Å². The number of amides is 1. The predicted molar refractivity (Wildman–Crippen MR) is 132 cm³/mol. The lowest BCUT2D eigenvalue weighted by molar-refractivity contribution is 0.0679. The minimum atomic E-state index is -0.0127. The molecule has 5 heteroatoms. The first-order valence-corrected chi connectivity index (χ1v) is 12.5. The molecule has 178 valence electrons. The van der Waals surface area contributed by atoms with Crippen LogP contribution >= 0.6 is 0 Å². The highest BCUT2D eigenvalue weighted by Gasteiger charge is 2.22. The molecule has 1 fully saturated rings. The summed E-state index contributed by atoms with van der Waals surface area (Å²) in [5.41, 5.74) is 4.86. The molecule has 0 bridgehead atoms. The number of carbonyl (C=O) groups is 1. The van der Waals surface area contributed by atoms with Gasteiger partial charge in [-0.15, -0.1) is 0 Å². The highest BCUT2D eigenvalue weighted by molar-refractivity contribution is 5.94. The van der Waals surface area contributed by atoms with Crippen LogP contribution in [-0.2, 0) is 24.1 Å². The van der Waals surface area contributed by atoms with Gasteiger partial charge >= 0.3 is 0 Å². The Morgan fingerprint density at radius 2 is 1.97 bits per heavy atom. The maximum Gasteiger partial charge on any atom is 0.251 e. The van der Waals surface area contributed by atoms with Crippen molar-refractivity contribution in [2.45, 2.75) is 77.6 Å². The van der Waals surface area contributed by atoms with E-state index in [4.69, 9.17) is 9.47 Å². The molecule has 5 nitrogen and oxygen atoms in total. The zero-order valence-electron chi connectivity index (χ0n) is 20.3. The van der Waals surface area contributed by atoms with E-state index >= 15 is 0 Å². The first-order valence-electron chi connectivity index (χ1n) is 12.5. The van der Waals surface area contributed by atoms with Gasteiger partial charge in [-0.2, -0.15) is 0 Å². The molecule has 0 unspecified atom stereocenters. The second-order valence-electron chi connectivity index (χ2n) is 9.64. The summed E-state index contributed by atoms with van der Waals surface area (Å²) in [5.74, 6) is 0.768. The molecule has 0 aromatic heterocycles. The monoisotopic (exact) mass is 450 g/mol. The highest BCUT2D eigenvalue weighted by atomic mass is 16.5. The smallest absolute Gasteiger partial charge is 0.251 e. The fourth-order valence-electron chi connectivity index (χ4n) is 4.86. The summed E-state index contributed by atoms with van der Waals surface area (Å²) in [7, 11) is 0. The van der Waals surface area contributed by atoms with E-state index in [1.165, 1.54) is 16.7 Å². The molecule has 1 saturated heterocycles. The summed E-state index contributed by atoms with van der Waals surface area (Å²) in [6.45, 7) is 10.2. The molecule has 1 N–H and O–H groups in total. The summed E-state index contributed by atoms with van der Waals surface area (Å²) in [4.78, 5) is 15.3. The van der Waals surface area contributed by atoms with Gasteiger partial charge in [0.25, 0.3) is 5.91 Å². The van der Waals surface area contributed by atoms with Crippen molar-refractivity contribution < 1.29 is 14.3 Å². The van der Waals surface area contributed by atoms with Gasteiger partial charge in [-0.25, -0.2) is 0 Å². The van der Waals surface area contributed by atoms with Gasteiger partial charge in [0, 0.05) is 30.8 Å². The Bertz CT molecular complexity index is 919. The van der Waals surface area contributed by atoms with E-state index in [2.05, 4.69) is 49.2 Å². The fraction of sp³-hybridized carbons (Fsp3) is 0.536. The minimum absolute atomic E-state index is 0.0127. The summed E-state index contributed by atoms with van der Waals surface area (Å²) in [5, 5.41) is 3.24. The number of ether oxygens (including phenoxy) is 2. The number of nitrogens with one attached hydrogen (secondary N) is 1. The molecule has 0 radical (unpaired) electrons. The number of rotatable bonds is 9. The molecule has 1 heterocycles. The van der Waals surface area contributed by atoms with Gasteiger partial charge in [-0.1, -0.05) is 25.1 Å². The second kappa shape index (κ2) is 11.2. The maximum absolute atomic E-state index is 12.8. The summed E-state index contributed by atoms with van der Waals surface area (Å²) in [6, 6.07) is 15.0. The molecule has 2 aromatic carbocycles. The van der Waals surface area contributed by atoms with Crippen molar-refractivity contribution in [2.75, 3.05) is 19.8 Å². The molecule has 1 aliphatic heterocycles. The topological polar surface area (TPSA) is 50.8 Å². The van der Waals surface area contributed by atoms with Gasteiger partial charge in [-0.3, -0.25) is 9.69 Å². The Balaban J connectivity index is 1.29. The SMILES string of the molecule is CCN(Cc1ccc2c(c1)CC[C@H](NC(=O)c1ccc(OC[C@@H]3CCCO3)cc1)C2)C(C)C.